The van der Waals surface area contributed by atoms with Crippen LogP contribution in [0.15, 0.2) is 42.7 Å². The Morgan fingerprint density at radius 3 is 2.60 bits per heavy atom. The SMILES string of the molecule is Cc1cncc(CN(CC(=O)O)c2ccc(Cl)cc2)c1. The molecule has 1 heterocycles. The third-order valence-corrected chi connectivity index (χ3v) is 3.07. The number of rotatable bonds is 5. The molecule has 104 valence electrons. The third-order valence-electron chi connectivity index (χ3n) is 2.82. The number of pyridine rings is 1. The Labute approximate surface area is 122 Å². The van der Waals surface area contributed by atoms with Gasteiger partial charge in [0.25, 0.3) is 0 Å². The maximum absolute atomic E-state index is 11.0. The molecular weight excluding hydrogens is 276 g/mol. The van der Waals surface area contributed by atoms with E-state index in [1.54, 1.807) is 29.4 Å². The van der Waals surface area contributed by atoms with Gasteiger partial charge in [-0.05, 0) is 42.3 Å². The van der Waals surface area contributed by atoms with Crippen molar-refractivity contribution in [1.29, 1.82) is 0 Å². The van der Waals surface area contributed by atoms with E-state index in [4.69, 9.17) is 16.7 Å². The molecule has 1 aromatic heterocycles. The Bertz CT molecular complexity index is 599. The van der Waals surface area contributed by atoms with Gasteiger partial charge in [-0.1, -0.05) is 17.7 Å². The monoisotopic (exact) mass is 290 g/mol. The smallest absolute Gasteiger partial charge is 0.323 e. The van der Waals surface area contributed by atoms with Gasteiger partial charge in [0.2, 0.25) is 0 Å². The number of aryl methyl sites for hydroxylation is 1. The lowest BCUT2D eigenvalue weighted by Crippen LogP contribution is -2.29. The van der Waals surface area contributed by atoms with E-state index < -0.39 is 5.97 Å². The van der Waals surface area contributed by atoms with E-state index in [9.17, 15) is 4.79 Å². The van der Waals surface area contributed by atoms with Crippen LogP contribution in [0.5, 0.6) is 0 Å². The Morgan fingerprint density at radius 1 is 1.30 bits per heavy atom. The predicted octanol–water partition coefficient (Wildman–Crippen LogP) is 3.13. The van der Waals surface area contributed by atoms with Gasteiger partial charge in [-0.2, -0.15) is 0 Å². The maximum Gasteiger partial charge on any atom is 0.323 e. The number of aromatic nitrogens is 1. The van der Waals surface area contributed by atoms with Crippen molar-refractivity contribution in [2.75, 3.05) is 11.4 Å². The van der Waals surface area contributed by atoms with E-state index in [1.807, 2.05) is 25.1 Å². The van der Waals surface area contributed by atoms with Crippen molar-refractivity contribution in [3.05, 3.63) is 58.9 Å². The molecule has 0 aliphatic rings. The average molecular weight is 291 g/mol. The van der Waals surface area contributed by atoms with Crippen molar-refractivity contribution in [2.45, 2.75) is 13.5 Å². The summed E-state index contributed by atoms with van der Waals surface area (Å²) in [6.45, 7) is 2.37. The summed E-state index contributed by atoms with van der Waals surface area (Å²) in [5.41, 5.74) is 2.84. The summed E-state index contributed by atoms with van der Waals surface area (Å²) in [5, 5.41) is 9.68. The number of benzene rings is 1. The van der Waals surface area contributed by atoms with Crippen LogP contribution in [0.25, 0.3) is 0 Å². The standard InChI is InChI=1S/C15H15ClN2O2/c1-11-6-12(8-17-7-11)9-18(10-15(19)20)14-4-2-13(16)3-5-14/h2-8H,9-10H2,1H3,(H,19,20). The molecule has 0 spiro atoms. The molecule has 1 N–H and O–H groups in total. The van der Waals surface area contributed by atoms with E-state index in [2.05, 4.69) is 4.98 Å². The molecule has 0 radical (unpaired) electrons. The molecule has 0 fully saturated rings. The summed E-state index contributed by atoms with van der Waals surface area (Å²) in [6.07, 6.45) is 3.52. The van der Waals surface area contributed by atoms with Crippen LogP contribution in [-0.2, 0) is 11.3 Å². The van der Waals surface area contributed by atoms with Crippen LogP contribution in [0.4, 0.5) is 5.69 Å². The van der Waals surface area contributed by atoms with Crippen LogP contribution in [0.3, 0.4) is 0 Å². The van der Waals surface area contributed by atoms with E-state index in [0.29, 0.717) is 11.6 Å². The summed E-state index contributed by atoms with van der Waals surface area (Å²) in [6, 6.07) is 9.13. The molecule has 0 saturated carbocycles. The Kier molecular flexibility index (Phi) is 4.58. The van der Waals surface area contributed by atoms with E-state index in [-0.39, 0.29) is 6.54 Å². The van der Waals surface area contributed by atoms with Gasteiger partial charge >= 0.3 is 5.97 Å². The zero-order chi connectivity index (χ0) is 14.5. The lowest BCUT2D eigenvalue weighted by atomic mass is 10.2. The van der Waals surface area contributed by atoms with Crippen molar-refractivity contribution in [3.63, 3.8) is 0 Å². The number of carbonyl (C=O) groups is 1. The third kappa shape index (κ3) is 3.96. The number of nitrogens with zero attached hydrogens (tertiary/aromatic N) is 2. The first kappa shape index (κ1) is 14.3. The Morgan fingerprint density at radius 2 is 2.00 bits per heavy atom. The van der Waals surface area contributed by atoms with E-state index in [0.717, 1.165) is 16.8 Å². The van der Waals surface area contributed by atoms with Crippen LogP contribution in [0.2, 0.25) is 5.02 Å². The van der Waals surface area contributed by atoms with Crippen LogP contribution in [0.1, 0.15) is 11.1 Å². The first-order chi connectivity index (χ1) is 9.54. The van der Waals surface area contributed by atoms with Crippen LogP contribution in [0, 0.1) is 6.92 Å². The maximum atomic E-state index is 11.0. The zero-order valence-electron chi connectivity index (χ0n) is 11.1. The summed E-state index contributed by atoms with van der Waals surface area (Å²) >= 11 is 5.86. The molecule has 0 aliphatic heterocycles. The quantitative estimate of drug-likeness (QED) is 0.919. The number of halogens is 1. The number of hydrogen-bond acceptors (Lipinski definition) is 3. The number of aliphatic carboxylic acids is 1. The number of carboxylic acids is 1. The highest BCUT2D eigenvalue weighted by Crippen LogP contribution is 2.20. The fraction of sp³-hybridized carbons (Fsp3) is 0.200. The number of carboxylic acid groups (broad SMARTS) is 1. The first-order valence-corrected chi connectivity index (χ1v) is 6.55. The molecule has 0 bridgehead atoms. The van der Waals surface area contributed by atoms with Gasteiger partial charge in [-0.15, -0.1) is 0 Å². The molecule has 20 heavy (non-hydrogen) atoms. The summed E-state index contributed by atoms with van der Waals surface area (Å²) in [4.78, 5) is 16.9. The zero-order valence-corrected chi connectivity index (χ0v) is 11.8. The average Bonchev–Trinajstić information content (AvgIpc) is 2.38. The van der Waals surface area contributed by atoms with Crippen molar-refractivity contribution in [2.24, 2.45) is 0 Å². The fourth-order valence-electron chi connectivity index (χ4n) is 1.98. The van der Waals surface area contributed by atoms with Gasteiger partial charge in [0, 0.05) is 29.6 Å². The molecule has 0 atom stereocenters. The van der Waals surface area contributed by atoms with E-state index in [1.165, 1.54) is 0 Å². The molecule has 4 nitrogen and oxygen atoms in total. The Hall–Kier alpha value is -2.07. The minimum atomic E-state index is -0.874. The van der Waals surface area contributed by atoms with Gasteiger partial charge in [-0.3, -0.25) is 9.78 Å². The highest BCUT2D eigenvalue weighted by atomic mass is 35.5. The second-order valence-corrected chi connectivity index (χ2v) is 5.03. The molecular formula is C15H15ClN2O2. The summed E-state index contributed by atoms with van der Waals surface area (Å²) in [5.74, 6) is -0.874. The lowest BCUT2D eigenvalue weighted by Gasteiger charge is -2.23. The molecule has 0 amide bonds. The molecule has 0 aliphatic carbocycles. The van der Waals surface area contributed by atoms with Crippen molar-refractivity contribution in [1.82, 2.24) is 4.98 Å². The molecule has 0 unspecified atom stereocenters. The highest BCUT2D eigenvalue weighted by Gasteiger charge is 2.11. The summed E-state index contributed by atoms with van der Waals surface area (Å²) in [7, 11) is 0. The van der Waals surface area contributed by atoms with Gasteiger partial charge < -0.3 is 10.0 Å². The minimum Gasteiger partial charge on any atom is -0.480 e. The number of anilines is 1. The highest BCUT2D eigenvalue weighted by molar-refractivity contribution is 6.30. The first-order valence-electron chi connectivity index (χ1n) is 6.17. The van der Waals surface area contributed by atoms with Crippen LogP contribution < -0.4 is 4.90 Å². The van der Waals surface area contributed by atoms with E-state index >= 15 is 0 Å². The van der Waals surface area contributed by atoms with Gasteiger partial charge in [0.1, 0.15) is 6.54 Å². The van der Waals surface area contributed by atoms with Crippen molar-refractivity contribution in [3.8, 4) is 0 Å². The molecule has 1 aromatic carbocycles. The van der Waals surface area contributed by atoms with Crippen molar-refractivity contribution >= 4 is 23.3 Å². The number of hydrogen-bond donors (Lipinski definition) is 1. The topological polar surface area (TPSA) is 53.4 Å². The lowest BCUT2D eigenvalue weighted by molar-refractivity contribution is -0.135. The van der Waals surface area contributed by atoms with Crippen LogP contribution in [-0.4, -0.2) is 22.6 Å². The molecule has 2 rings (SSSR count). The largest absolute Gasteiger partial charge is 0.480 e. The van der Waals surface area contributed by atoms with Crippen LogP contribution >= 0.6 is 11.6 Å². The van der Waals surface area contributed by atoms with Gasteiger partial charge in [0.15, 0.2) is 0 Å². The van der Waals surface area contributed by atoms with Crippen molar-refractivity contribution < 1.29 is 9.90 Å². The minimum absolute atomic E-state index is 0.0738. The Balaban J connectivity index is 2.23. The van der Waals surface area contributed by atoms with Gasteiger partial charge in [0.05, 0.1) is 0 Å². The molecule has 5 heteroatoms. The second-order valence-electron chi connectivity index (χ2n) is 4.60. The fourth-order valence-corrected chi connectivity index (χ4v) is 2.10. The molecule has 2 aromatic rings. The van der Waals surface area contributed by atoms with Gasteiger partial charge in [-0.25, -0.2) is 0 Å². The molecule has 0 saturated heterocycles. The summed E-state index contributed by atoms with van der Waals surface area (Å²) < 4.78 is 0. The predicted molar refractivity (Wildman–Crippen MR) is 79.1 cm³/mol. The second kappa shape index (κ2) is 6.39. The normalized spacial score (nSPS) is 10.3.